The minimum absolute atomic E-state index is 0.00817. The summed E-state index contributed by atoms with van der Waals surface area (Å²) in [6.07, 6.45) is 2.07. The smallest absolute Gasteiger partial charge is 0.227 e. The molecule has 3 rings (SSSR count). The standard InChI is InChI=1S/C19H19ClFNO2/c1-24-16-5-2-4-14(10-16)18-6-3-9-22(18)19(23)11-13-7-8-15(21)12-17(13)20/h2,4-5,7-8,10,12,18H,3,6,9,11H2,1H3. The van der Waals surface area contributed by atoms with Crippen molar-refractivity contribution in [3.05, 3.63) is 64.4 Å². The molecule has 1 fully saturated rings. The molecular formula is C19H19ClFNO2. The number of nitrogens with zero attached hydrogens (tertiary/aromatic N) is 1. The van der Waals surface area contributed by atoms with Gasteiger partial charge in [-0.2, -0.15) is 0 Å². The van der Waals surface area contributed by atoms with Crippen LogP contribution in [0.3, 0.4) is 0 Å². The number of rotatable bonds is 4. The van der Waals surface area contributed by atoms with E-state index >= 15 is 0 Å². The van der Waals surface area contributed by atoms with Crippen molar-refractivity contribution in [3.63, 3.8) is 0 Å². The van der Waals surface area contributed by atoms with Crippen molar-refractivity contribution in [2.24, 2.45) is 0 Å². The van der Waals surface area contributed by atoms with Crippen molar-refractivity contribution < 1.29 is 13.9 Å². The van der Waals surface area contributed by atoms with E-state index in [1.165, 1.54) is 12.1 Å². The summed E-state index contributed by atoms with van der Waals surface area (Å²) in [5.74, 6) is 0.397. The van der Waals surface area contributed by atoms with Gasteiger partial charge in [-0.15, -0.1) is 0 Å². The van der Waals surface area contributed by atoms with Crippen LogP contribution in [-0.2, 0) is 11.2 Å². The maximum Gasteiger partial charge on any atom is 0.227 e. The molecule has 1 aliphatic rings. The van der Waals surface area contributed by atoms with Gasteiger partial charge in [0.2, 0.25) is 5.91 Å². The van der Waals surface area contributed by atoms with E-state index in [4.69, 9.17) is 16.3 Å². The van der Waals surface area contributed by atoms with Gasteiger partial charge in [-0.25, -0.2) is 4.39 Å². The SMILES string of the molecule is COc1cccc(C2CCCN2C(=O)Cc2ccc(F)cc2Cl)c1. The number of benzene rings is 2. The summed E-state index contributed by atoms with van der Waals surface area (Å²) in [5, 5.41) is 0.292. The van der Waals surface area contributed by atoms with Gasteiger partial charge in [0.1, 0.15) is 11.6 Å². The molecule has 1 aliphatic heterocycles. The molecule has 3 nitrogen and oxygen atoms in total. The number of hydrogen-bond acceptors (Lipinski definition) is 2. The Labute approximate surface area is 146 Å². The minimum atomic E-state index is -0.397. The van der Waals surface area contributed by atoms with Gasteiger partial charge in [-0.05, 0) is 48.2 Å². The monoisotopic (exact) mass is 347 g/mol. The summed E-state index contributed by atoms with van der Waals surface area (Å²) >= 11 is 6.05. The molecule has 1 unspecified atom stereocenters. The number of likely N-dealkylation sites (tertiary alicyclic amines) is 1. The van der Waals surface area contributed by atoms with Gasteiger partial charge in [0.05, 0.1) is 19.6 Å². The second-order valence-electron chi connectivity index (χ2n) is 5.93. The second-order valence-corrected chi connectivity index (χ2v) is 6.34. The van der Waals surface area contributed by atoms with E-state index in [1.54, 1.807) is 13.2 Å². The molecule has 1 amide bonds. The summed E-state index contributed by atoms with van der Waals surface area (Å²) < 4.78 is 18.4. The fourth-order valence-corrected chi connectivity index (χ4v) is 3.42. The summed E-state index contributed by atoms with van der Waals surface area (Å²) in [5.41, 5.74) is 1.73. The zero-order valence-corrected chi connectivity index (χ0v) is 14.2. The van der Waals surface area contributed by atoms with Gasteiger partial charge in [0.25, 0.3) is 0 Å². The number of halogens is 2. The van der Waals surface area contributed by atoms with Crippen LogP contribution >= 0.6 is 11.6 Å². The molecule has 1 saturated heterocycles. The topological polar surface area (TPSA) is 29.5 Å². The summed E-state index contributed by atoms with van der Waals surface area (Å²) in [6, 6.07) is 12.0. The van der Waals surface area contributed by atoms with Crippen LogP contribution in [0.4, 0.5) is 4.39 Å². The Morgan fingerprint density at radius 2 is 2.17 bits per heavy atom. The predicted octanol–water partition coefficient (Wildman–Crippen LogP) is 4.39. The molecule has 1 heterocycles. The number of carbonyl (C=O) groups excluding carboxylic acids is 1. The molecule has 126 valence electrons. The van der Waals surface area contributed by atoms with Crippen LogP contribution in [-0.4, -0.2) is 24.5 Å². The fourth-order valence-electron chi connectivity index (χ4n) is 3.19. The molecular weight excluding hydrogens is 329 g/mol. The average Bonchev–Trinajstić information content (AvgIpc) is 3.07. The Kier molecular flexibility index (Phi) is 5.05. The highest BCUT2D eigenvalue weighted by atomic mass is 35.5. The van der Waals surface area contributed by atoms with Gasteiger partial charge in [-0.1, -0.05) is 29.8 Å². The zero-order chi connectivity index (χ0) is 17.1. The van der Waals surface area contributed by atoms with Crippen molar-refractivity contribution in [2.75, 3.05) is 13.7 Å². The lowest BCUT2D eigenvalue weighted by Gasteiger charge is -2.25. The molecule has 0 bridgehead atoms. The lowest BCUT2D eigenvalue weighted by atomic mass is 10.0. The van der Waals surface area contributed by atoms with Crippen LogP contribution in [0.2, 0.25) is 5.02 Å². The number of hydrogen-bond donors (Lipinski definition) is 0. The normalized spacial score (nSPS) is 17.1. The van der Waals surface area contributed by atoms with E-state index in [-0.39, 0.29) is 18.4 Å². The van der Waals surface area contributed by atoms with Gasteiger partial charge in [0.15, 0.2) is 0 Å². The fraction of sp³-hybridized carbons (Fsp3) is 0.316. The Morgan fingerprint density at radius 3 is 2.92 bits per heavy atom. The zero-order valence-electron chi connectivity index (χ0n) is 13.5. The van der Waals surface area contributed by atoms with Gasteiger partial charge in [-0.3, -0.25) is 4.79 Å². The quantitative estimate of drug-likeness (QED) is 0.820. The highest BCUT2D eigenvalue weighted by molar-refractivity contribution is 6.31. The Morgan fingerprint density at radius 1 is 1.33 bits per heavy atom. The Balaban J connectivity index is 1.78. The first-order valence-corrected chi connectivity index (χ1v) is 8.33. The predicted molar refractivity (Wildman–Crippen MR) is 91.8 cm³/mol. The maximum atomic E-state index is 13.1. The Hall–Kier alpha value is -2.07. The first-order chi connectivity index (χ1) is 11.6. The summed E-state index contributed by atoms with van der Waals surface area (Å²) in [6.45, 7) is 0.722. The average molecular weight is 348 g/mol. The molecule has 0 saturated carbocycles. The first-order valence-electron chi connectivity index (χ1n) is 7.96. The second kappa shape index (κ2) is 7.22. The number of amides is 1. The van der Waals surface area contributed by atoms with Gasteiger partial charge >= 0.3 is 0 Å². The van der Waals surface area contributed by atoms with Crippen LogP contribution in [0.15, 0.2) is 42.5 Å². The summed E-state index contributed by atoms with van der Waals surface area (Å²) in [4.78, 5) is 14.6. The first kappa shape index (κ1) is 16.8. The largest absolute Gasteiger partial charge is 0.497 e. The van der Waals surface area contributed by atoms with Crippen LogP contribution in [0.25, 0.3) is 0 Å². The Bertz CT molecular complexity index is 750. The number of carbonyl (C=O) groups is 1. The minimum Gasteiger partial charge on any atom is -0.497 e. The van der Waals surface area contributed by atoms with Crippen molar-refractivity contribution >= 4 is 17.5 Å². The third-order valence-corrected chi connectivity index (χ3v) is 4.76. The van der Waals surface area contributed by atoms with Crippen molar-refractivity contribution in [1.82, 2.24) is 4.90 Å². The number of methoxy groups -OCH3 is 1. The molecule has 0 aromatic heterocycles. The molecule has 2 aromatic rings. The van der Waals surface area contributed by atoms with Crippen molar-refractivity contribution in [1.29, 1.82) is 0 Å². The molecule has 2 aromatic carbocycles. The van der Waals surface area contributed by atoms with E-state index in [2.05, 4.69) is 0 Å². The molecule has 0 N–H and O–H groups in total. The van der Waals surface area contributed by atoms with E-state index in [0.717, 1.165) is 30.7 Å². The molecule has 0 aliphatic carbocycles. The highest BCUT2D eigenvalue weighted by Gasteiger charge is 2.30. The van der Waals surface area contributed by atoms with Crippen LogP contribution in [0.1, 0.15) is 30.0 Å². The van der Waals surface area contributed by atoms with Crippen molar-refractivity contribution in [2.45, 2.75) is 25.3 Å². The maximum absolute atomic E-state index is 13.1. The van der Waals surface area contributed by atoms with Crippen LogP contribution < -0.4 is 4.74 Å². The van der Waals surface area contributed by atoms with Crippen LogP contribution in [0.5, 0.6) is 5.75 Å². The lowest BCUT2D eigenvalue weighted by molar-refractivity contribution is -0.131. The summed E-state index contributed by atoms with van der Waals surface area (Å²) in [7, 11) is 1.63. The molecule has 5 heteroatoms. The van der Waals surface area contributed by atoms with Gasteiger partial charge < -0.3 is 9.64 Å². The molecule has 0 radical (unpaired) electrons. The third-order valence-electron chi connectivity index (χ3n) is 4.41. The van der Waals surface area contributed by atoms with E-state index < -0.39 is 5.82 Å². The van der Waals surface area contributed by atoms with E-state index in [1.807, 2.05) is 29.2 Å². The van der Waals surface area contributed by atoms with Crippen LogP contribution in [0, 0.1) is 5.82 Å². The van der Waals surface area contributed by atoms with Crippen molar-refractivity contribution in [3.8, 4) is 5.75 Å². The van der Waals surface area contributed by atoms with E-state index in [9.17, 15) is 9.18 Å². The van der Waals surface area contributed by atoms with E-state index in [0.29, 0.717) is 10.6 Å². The van der Waals surface area contributed by atoms with Gasteiger partial charge in [0, 0.05) is 11.6 Å². The highest BCUT2D eigenvalue weighted by Crippen LogP contribution is 2.34. The molecule has 1 atom stereocenters. The number of ether oxygens (including phenoxy) is 1. The lowest BCUT2D eigenvalue weighted by Crippen LogP contribution is -2.31. The molecule has 0 spiro atoms. The third kappa shape index (κ3) is 3.54. The molecule has 24 heavy (non-hydrogen) atoms.